The van der Waals surface area contributed by atoms with Crippen molar-refractivity contribution in [1.82, 2.24) is 11.1 Å². The summed E-state index contributed by atoms with van der Waals surface area (Å²) in [6.07, 6.45) is -3.36. The SMILES string of the molecule is COC(OC(=O)c1cc(C)ccn1)C(F)F.N. The largest absolute Gasteiger partial charge is 0.425 e. The molecule has 7 heteroatoms. The smallest absolute Gasteiger partial charge is 0.359 e. The van der Waals surface area contributed by atoms with E-state index in [1.54, 1.807) is 13.0 Å². The third-order valence-electron chi connectivity index (χ3n) is 1.79. The molecule has 1 heterocycles. The van der Waals surface area contributed by atoms with E-state index in [-0.39, 0.29) is 11.8 Å². The Bertz CT molecular complexity index is 374. The molecule has 0 amide bonds. The average Bonchev–Trinajstić information content (AvgIpc) is 2.25. The molecule has 5 nitrogen and oxygen atoms in total. The summed E-state index contributed by atoms with van der Waals surface area (Å²) in [6.45, 7) is 1.75. The number of carbonyl (C=O) groups excluding carboxylic acids is 1. The molecule has 0 aromatic carbocycles. The van der Waals surface area contributed by atoms with Crippen LogP contribution in [-0.4, -0.2) is 30.8 Å². The van der Waals surface area contributed by atoms with Gasteiger partial charge in [0, 0.05) is 13.3 Å². The van der Waals surface area contributed by atoms with Crippen molar-refractivity contribution in [3.05, 3.63) is 29.6 Å². The van der Waals surface area contributed by atoms with Gasteiger partial charge in [-0.1, -0.05) is 0 Å². The van der Waals surface area contributed by atoms with Crippen molar-refractivity contribution in [2.45, 2.75) is 19.6 Å². The van der Waals surface area contributed by atoms with Crippen LogP contribution in [0.1, 0.15) is 16.1 Å². The molecule has 0 saturated carbocycles. The summed E-state index contributed by atoms with van der Waals surface area (Å²) in [4.78, 5) is 15.1. The van der Waals surface area contributed by atoms with Crippen LogP contribution in [0, 0.1) is 6.92 Å². The van der Waals surface area contributed by atoms with Crippen LogP contribution in [0.2, 0.25) is 0 Å². The zero-order chi connectivity index (χ0) is 12.1. The lowest BCUT2D eigenvalue weighted by molar-refractivity contribution is -0.163. The van der Waals surface area contributed by atoms with E-state index in [9.17, 15) is 13.6 Å². The molecule has 96 valence electrons. The third-order valence-corrected chi connectivity index (χ3v) is 1.79. The molecular formula is C10H14F2N2O3. The minimum atomic E-state index is -2.89. The molecule has 1 aromatic heterocycles. The van der Waals surface area contributed by atoms with Gasteiger partial charge in [-0.3, -0.25) is 0 Å². The fourth-order valence-corrected chi connectivity index (χ4v) is 1.02. The molecule has 0 aliphatic carbocycles. The highest BCUT2D eigenvalue weighted by atomic mass is 19.3. The van der Waals surface area contributed by atoms with Gasteiger partial charge in [0.2, 0.25) is 0 Å². The van der Waals surface area contributed by atoms with Gasteiger partial charge in [-0.25, -0.2) is 18.6 Å². The number of methoxy groups -OCH3 is 1. The number of aromatic nitrogens is 1. The van der Waals surface area contributed by atoms with Crippen molar-refractivity contribution in [1.29, 1.82) is 0 Å². The molecule has 1 aromatic rings. The Kier molecular flexibility index (Phi) is 6.22. The fourth-order valence-electron chi connectivity index (χ4n) is 1.02. The number of rotatable bonds is 4. The van der Waals surface area contributed by atoms with Crippen molar-refractivity contribution >= 4 is 5.97 Å². The quantitative estimate of drug-likeness (QED) is 0.650. The first-order valence-corrected chi connectivity index (χ1v) is 4.49. The predicted molar refractivity (Wildman–Crippen MR) is 56.2 cm³/mol. The molecule has 3 N–H and O–H groups in total. The van der Waals surface area contributed by atoms with Gasteiger partial charge in [0.25, 0.3) is 12.7 Å². The number of carbonyl (C=O) groups is 1. The third kappa shape index (κ3) is 4.41. The first-order chi connectivity index (χ1) is 7.54. The lowest BCUT2D eigenvalue weighted by Gasteiger charge is -2.14. The molecule has 1 rings (SSSR count). The number of hydrogen-bond acceptors (Lipinski definition) is 5. The maximum Gasteiger partial charge on any atom is 0.359 e. The van der Waals surface area contributed by atoms with Crippen molar-refractivity contribution in [2.24, 2.45) is 0 Å². The standard InChI is InChI=1S/C10H11F2NO3.H3N/c1-6-3-4-13-7(5-6)9(14)16-10(15-2)8(11)12;/h3-5,8,10H,1-2H3;1H3. The number of pyridine rings is 1. The summed E-state index contributed by atoms with van der Waals surface area (Å²) in [5, 5.41) is 0. The van der Waals surface area contributed by atoms with Gasteiger partial charge >= 0.3 is 5.97 Å². The number of aryl methyl sites for hydroxylation is 1. The lowest BCUT2D eigenvalue weighted by atomic mass is 10.2. The summed E-state index contributed by atoms with van der Waals surface area (Å²) in [7, 11) is 1.04. The molecule has 0 aliphatic rings. The Morgan fingerprint density at radius 3 is 2.59 bits per heavy atom. The van der Waals surface area contributed by atoms with E-state index in [0.29, 0.717) is 0 Å². The second-order valence-corrected chi connectivity index (χ2v) is 3.06. The summed E-state index contributed by atoms with van der Waals surface area (Å²) in [5.41, 5.74) is 0.760. The maximum atomic E-state index is 12.2. The first kappa shape index (κ1) is 15.4. The fraction of sp³-hybridized carbons (Fsp3) is 0.400. The zero-order valence-electron chi connectivity index (χ0n) is 9.52. The highest BCUT2D eigenvalue weighted by Gasteiger charge is 2.25. The number of esters is 1. The molecule has 0 radical (unpaired) electrons. The Morgan fingerprint density at radius 1 is 1.47 bits per heavy atom. The number of alkyl halides is 2. The molecule has 0 fully saturated rings. The molecule has 0 aliphatic heterocycles. The van der Waals surface area contributed by atoms with Crippen molar-refractivity contribution in [2.75, 3.05) is 7.11 Å². The van der Waals surface area contributed by atoms with E-state index < -0.39 is 18.7 Å². The van der Waals surface area contributed by atoms with Crippen LogP contribution >= 0.6 is 0 Å². The van der Waals surface area contributed by atoms with E-state index in [2.05, 4.69) is 14.5 Å². The highest BCUT2D eigenvalue weighted by Crippen LogP contribution is 2.10. The van der Waals surface area contributed by atoms with E-state index in [0.717, 1.165) is 12.7 Å². The van der Waals surface area contributed by atoms with Gasteiger partial charge in [0.1, 0.15) is 5.69 Å². The zero-order valence-corrected chi connectivity index (χ0v) is 9.52. The van der Waals surface area contributed by atoms with Gasteiger partial charge in [-0.2, -0.15) is 0 Å². The molecule has 0 saturated heterocycles. The topological polar surface area (TPSA) is 83.4 Å². The minimum Gasteiger partial charge on any atom is -0.425 e. The minimum absolute atomic E-state index is 0. The van der Waals surface area contributed by atoms with E-state index in [4.69, 9.17) is 0 Å². The average molecular weight is 248 g/mol. The molecule has 0 bridgehead atoms. The molecule has 1 atom stereocenters. The Hall–Kier alpha value is -1.60. The summed E-state index contributed by atoms with van der Waals surface area (Å²) in [6, 6.07) is 3.12. The summed E-state index contributed by atoms with van der Waals surface area (Å²) >= 11 is 0. The second-order valence-electron chi connectivity index (χ2n) is 3.06. The van der Waals surface area contributed by atoms with Gasteiger partial charge in [-0.15, -0.1) is 0 Å². The Morgan fingerprint density at radius 2 is 2.12 bits per heavy atom. The van der Waals surface area contributed by atoms with Gasteiger partial charge < -0.3 is 15.6 Å². The van der Waals surface area contributed by atoms with Crippen LogP contribution in [0.4, 0.5) is 8.78 Å². The summed E-state index contributed by atoms with van der Waals surface area (Å²) in [5.74, 6) is -0.934. The van der Waals surface area contributed by atoms with Crippen LogP contribution in [-0.2, 0) is 9.47 Å². The van der Waals surface area contributed by atoms with Crippen LogP contribution in [0.5, 0.6) is 0 Å². The first-order valence-electron chi connectivity index (χ1n) is 4.49. The van der Waals surface area contributed by atoms with Crippen LogP contribution in [0.3, 0.4) is 0 Å². The van der Waals surface area contributed by atoms with E-state index >= 15 is 0 Å². The van der Waals surface area contributed by atoms with E-state index in [1.165, 1.54) is 12.3 Å². The molecule has 0 spiro atoms. The lowest BCUT2D eigenvalue weighted by Crippen LogP contribution is -2.27. The monoisotopic (exact) mass is 248 g/mol. The van der Waals surface area contributed by atoms with Crippen molar-refractivity contribution in [3.8, 4) is 0 Å². The molecule has 1 unspecified atom stereocenters. The van der Waals surface area contributed by atoms with E-state index in [1.807, 2.05) is 0 Å². The van der Waals surface area contributed by atoms with Crippen LogP contribution in [0.15, 0.2) is 18.3 Å². The van der Waals surface area contributed by atoms with Crippen LogP contribution < -0.4 is 6.15 Å². The number of ether oxygens (including phenoxy) is 2. The van der Waals surface area contributed by atoms with Gasteiger partial charge in [-0.05, 0) is 24.6 Å². The van der Waals surface area contributed by atoms with Crippen molar-refractivity contribution in [3.63, 3.8) is 0 Å². The number of halogens is 2. The Labute approximate surface area is 97.3 Å². The normalized spacial score (nSPS) is 11.8. The number of hydrogen-bond donors (Lipinski definition) is 1. The molecule has 17 heavy (non-hydrogen) atoms. The second kappa shape index (κ2) is 6.87. The maximum absolute atomic E-state index is 12.2. The Balaban J connectivity index is 0.00000256. The number of nitrogens with zero attached hydrogens (tertiary/aromatic N) is 1. The van der Waals surface area contributed by atoms with Gasteiger partial charge in [0.15, 0.2) is 0 Å². The predicted octanol–water partition coefficient (Wildman–Crippen LogP) is 1.95. The van der Waals surface area contributed by atoms with Crippen molar-refractivity contribution < 1.29 is 23.0 Å². The summed E-state index contributed by atoms with van der Waals surface area (Å²) < 4.78 is 33.2. The van der Waals surface area contributed by atoms with Crippen LogP contribution in [0.25, 0.3) is 0 Å². The van der Waals surface area contributed by atoms with Gasteiger partial charge in [0.05, 0.1) is 0 Å². The highest BCUT2D eigenvalue weighted by molar-refractivity contribution is 5.87. The molecular weight excluding hydrogens is 234 g/mol.